The first-order valence-electron chi connectivity index (χ1n) is 7.84. The van der Waals surface area contributed by atoms with Gasteiger partial charge in [0.05, 0.1) is 0 Å². The molecule has 0 atom stereocenters. The monoisotopic (exact) mass is 505 g/mol. The molecule has 24 heavy (non-hydrogen) atoms. The van der Waals surface area contributed by atoms with E-state index >= 15 is 0 Å². The smallest absolute Gasteiger partial charge is 0.673 e. The van der Waals surface area contributed by atoms with Crippen molar-refractivity contribution in [2.45, 2.75) is 45.8 Å². The van der Waals surface area contributed by atoms with Gasteiger partial charge in [0, 0.05) is 0 Å². The second-order valence-corrected chi connectivity index (χ2v) is 9.83. The van der Waals surface area contributed by atoms with Crippen molar-refractivity contribution in [3.63, 3.8) is 0 Å². The van der Waals surface area contributed by atoms with Crippen LogP contribution in [0.4, 0.5) is 0 Å². The molecule has 1 aliphatic carbocycles. The fourth-order valence-electron chi connectivity index (χ4n) is 2.00. The number of hydrogen-bond acceptors (Lipinski definition) is 0. The summed E-state index contributed by atoms with van der Waals surface area (Å²) in [5.74, 6) is 0. The van der Waals surface area contributed by atoms with Gasteiger partial charge in [-0.25, -0.2) is 0 Å². The Morgan fingerprint density at radius 3 is 2.04 bits per heavy atom. The maximum absolute atomic E-state index is 6.94. The molecule has 0 heterocycles. The topological polar surface area (TPSA) is 23.8 Å². The Morgan fingerprint density at radius 1 is 1.04 bits per heavy atom. The van der Waals surface area contributed by atoms with Gasteiger partial charge in [0.2, 0.25) is 0 Å². The third-order valence-electron chi connectivity index (χ3n) is 2.62. The quantitative estimate of drug-likeness (QED) is 0.258. The molecule has 0 saturated heterocycles. The van der Waals surface area contributed by atoms with Gasteiger partial charge in [0.1, 0.15) is 0 Å². The van der Waals surface area contributed by atoms with Crippen molar-refractivity contribution in [3.8, 4) is 11.1 Å². The van der Waals surface area contributed by atoms with E-state index < -0.39 is 0 Å². The van der Waals surface area contributed by atoms with Gasteiger partial charge in [0.25, 0.3) is 0 Å². The van der Waals surface area contributed by atoms with E-state index in [4.69, 9.17) is 5.73 Å². The third kappa shape index (κ3) is 10.4. The second-order valence-electron chi connectivity index (χ2n) is 7.04. The fourth-order valence-corrected chi connectivity index (χ4v) is 2.00. The van der Waals surface area contributed by atoms with Crippen LogP contribution in [0.1, 0.15) is 31.9 Å². The van der Waals surface area contributed by atoms with E-state index in [1.807, 2.05) is 26.8 Å². The molecule has 0 bridgehead atoms. The van der Waals surface area contributed by atoms with E-state index in [9.17, 15) is 0 Å². The zero-order valence-electron chi connectivity index (χ0n) is 16.0. The SMILES string of the molecule is CC(C)(C)[NH-].[CH2-][SiH](C)C.[CH3-].[Hf+4].[c-]1cccc2c1Cc1ccccc1-2. The minimum Gasteiger partial charge on any atom is -0.673 e. The van der Waals surface area contributed by atoms with Crippen molar-refractivity contribution in [3.05, 3.63) is 79.4 Å². The third-order valence-corrected chi connectivity index (χ3v) is 2.62. The first-order chi connectivity index (χ1) is 10.2. The van der Waals surface area contributed by atoms with Crippen LogP contribution in [0, 0.1) is 20.0 Å². The van der Waals surface area contributed by atoms with Crippen molar-refractivity contribution in [2.24, 2.45) is 0 Å². The van der Waals surface area contributed by atoms with Gasteiger partial charge in [0.15, 0.2) is 0 Å². The van der Waals surface area contributed by atoms with Crippen LogP contribution in [0.5, 0.6) is 0 Å². The molecular formula is C21H31HfNSi. The maximum atomic E-state index is 6.94. The Labute approximate surface area is 170 Å². The number of fused-ring (bicyclic) bond motifs is 3. The van der Waals surface area contributed by atoms with Gasteiger partial charge in [-0.15, -0.1) is 19.9 Å². The van der Waals surface area contributed by atoms with E-state index in [1.165, 1.54) is 22.3 Å². The number of rotatable bonds is 0. The molecule has 3 rings (SSSR count). The summed E-state index contributed by atoms with van der Waals surface area (Å²) >= 11 is 0. The Hall–Kier alpha value is -0.513. The molecule has 1 nitrogen and oxygen atoms in total. The summed E-state index contributed by atoms with van der Waals surface area (Å²) in [6, 6.07) is 18.1. The molecule has 0 saturated carbocycles. The van der Waals surface area contributed by atoms with E-state index in [-0.39, 0.29) is 47.6 Å². The van der Waals surface area contributed by atoms with Crippen LogP contribution in [0.15, 0.2) is 42.5 Å². The predicted molar refractivity (Wildman–Crippen MR) is 108 cm³/mol. The van der Waals surface area contributed by atoms with Crippen LogP contribution in [-0.2, 0) is 32.3 Å². The Balaban J connectivity index is 0. The van der Waals surface area contributed by atoms with Gasteiger partial charge >= 0.3 is 25.8 Å². The van der Waals surface area contributed by atoms with Gasteiger partial charge < -0.3 is 19.7 Å². The molecule has 2 aromatic carbocycles. The van der Waals surface area contributed by atoms with Crippen LogP contribution in [0.25, 0.3) is 16.9 Å². The summed E-state index contributed by atoms with van der Waals surface area (Å²) in [5.41, 5.74) is 12.2. The van der Waals surface area contributed by atoms with Gasteiger partial charge in [-0.3, -0.25) is 0 Å². The van der Waals surface area contributed by atoms with Crippen LogP contribution < -0.4 is 0 Å². The van der Waals surface area contributed by atoms with Crippen LogP contribution in [0.2, 0.25) is 13.1 Å². The van der Waals surface area contributed by atoms with Gasteiger partial charge in [-0.05, 0) is 6.42 Å². The Bertz CT molecular complexity index is 536. The Morgan fingerprint density at radius 2 is 1.50 bits per heavy atom. The molecule has 0 fully saturated rings. The van der Waals surface area contributed by atoms with Crippen molar-refractivity contribution in [1.82, 2.24) is 0 Å². The van der Waals surface area contributed by atoms with Crippen molar-refractivity contribution < 1.29 is 25.8 Å². The number of hydrogen-bond donors (Lipinski definition) is 0. The van der Waals surface area contributed by atoms with Crippen molar-refractivity contribution >= 4 is 8.80 Å². The summed E-state index contributed by atoms with van der Waals surface area (Å²) in [6.07, 6.45) is 1.05. The van der Waals surface area contributed by atoms with Gasteiger partial charge in [-0.1, -0.05) is 69.3 Å². The summed E-state index contributed by atoms with van der Waals surface area (Å²) in [4.78, 5) is 0. The van der Waals surface area contributed by atoms with Crippen molar-refractivity contribution in [2.75, 3.05) is 0 Å². The molecule has 1 N–H and O–H groups in total. The molecule has 0 amide bonds. The molecule has 1 aliphatic rings. The standard InChI is InChI=1S/C13H9.C4H10N.C3H9Si.CH3.Hf/c1-3-7-12-10(5-1)9-11-6-2-4-8-13(11)12;1-4(2,3)5;1-4(2)3;;/h1-5,7-8H,9H2;5H,1-3H3;4H,1H2,2-3H3;1H3;/q4*-1;+4. The Kier molecular flexibility index (Phi) is 12.8. The molecule has 3 heteroatoms. The molecule has 128 valence electrons. The van der Waals surface area contributed by atoms with Crippen LogP contribution in [0.3, 0.4) is 0 Å². The first-order valence-corrected chi connectivity index (χ1v) is 11.0. The fraction of sp³-hybridized carbons (Fsp3) is 0.333. The largest absolute Gasteiger partial charge is 4.00 e. The van der Waals surface area contributed by atoms with E-state index in [0.717, 1.165) is 6.42 Å². The van der Waals surface area contributed by atoms with E-state index in [1.54, 1.807) is 0 Å². The molecule has 0 aromatic heterocycles. The predicted octanol–water partition coefficient (Wildman–Crippen LogP) is 6.19. The summed E-state index contributed by atoms with van der Waals surface area (Å²) in [6.45, 7) is 13.7. The number of nitrogens with one attached hydrogen (secondary N) is 1. The van der Waals surface area contributed by atoms with Gasteiger partial charge in [-0.2, -0.15) is 29.8 Å². The molecule has 2 aromatic rings. The molecule has 0 spiro atoms. The summed E-state index contributed by atoms with van der Waals surface area (Å²) in [5, 5.41) is 0. The molecular weight excluding hydrogens is 473 g/mol. The van der Waals surface area contributed by atoms with E-state index in [0.29, 0.717) is 0 Å². The zero-order valence-corrected chi connectivity index (χ0v) is 20.8. The molecule has 0 radical (unpaired) electrons. The average Bonchev–Trinajstić information content (AvgIpc) is 2.74. The average molecular weight is 504 g/mol. The molecule has 0 unspecified atom stereocenters. The van der Waals surface area contributed by atoms with E-state index in [2.05, 4.69) is 62.1 Å². The maximum Gasteiger partial charge on any atom is 4.00 e. The minimum atomic E-state index is -0.389. The normalized spacial score (nSPS) is 10.7. The summed E-state index contributed by atoms with van der Waals surface area (Å²) < 4.78 is 0. The number of benzene rings is 2. The molecule has 0 aliphatic heterocycles. The van der Waals surface area contributed by atoms with Crippen LogP contribution in [-0.4, -0.2) is 14.3 Å². The second kappa shape index (κ2) is 11.9. The summed E-state index contributed by atoms with van der Waals surface area (Å²) in [7, 11) is -0.389. The van der Waals surface area contributed by atoms with Crippen LogP contribution >= 0.6 is 0 Å². The van der Waals surface area contributed by atoms with Crippen molar-refractivity contribution in [1.29, 1.82) is 0 Å². The zero-order chi connectivity index (χ0) is 16.8. The minimum absolute atomic E-state index is 0. The first kappa shape index (κ1) is 25.7.